The van der Waals surface area contributed by atoms with Crippen molar-refractivity contribution in [2.24, 2.45) is 4.99 Å². The minimum absolute atomic E-state index is 0.252. The van der Waals surface area contributed by atoms with Crippen molar-refractivity contribution in [1.29, 1.82) is 0 Å². The number of carbonyl (C=O) groups is 1. The van der Waals surface area contributed by atoms with E-state index in [9.17, 15) is 4.79 Å². The second-order valence-electron chi connectivity index (χ2n) is 2.84. The summed E-state index contributed by atoms with van der Waals surface area (Å²) in [7, 11) is -4.11. The normalized spacial score (nSPS) is 23.9. The Balaban J connectivity index is 2.89. The molecular formula is C6H11NO5P+. The van der Waals surface area contributed by atoms with Crippen molar-refractivity contribution in [2.45, 2.75) is 18.5 Å². The van der Waals surface area contributed by atoms with Crippen LogP contribution in [0.1, 0.15) is 12.8 Å². The molecule has 6 nitrogen and oxygen atoms in total. The second kappa shape index (κ2) is 3.67. The van der Waals surface area contributed by atoms with Gasteiger partial charge >= 0.3 is 13.9 Å². The van der Waals surface area contributed by atoms with E-state index in [0.717, 1.165) is 0 Å². The lowest BCUT2D eigenvalue weighted by Crippen LogP contribution is -2.33. The van der Waals surface area contributed by atoms with Crippen LogP contribution in [-0.2, 0) is 4.79 Å². The van der Waals surface area contributed by atoms with Crippen LogP contribution < -0.4 is 0 Å². The van der Waals surface area contributed by atoms with Crippen LogP contribution in [0.3, 0.4) is 0 Å². The molecule has 74 valence electrons. The predicted octanol–water partition coefficient (Wildman–Crippen LogP) is -0.586. The summed E-state index contributed by atoms with van der Waals surface area (Å²) in [6.45, 7) is 0.359. The summed E-state index contributed by atoms with van der Waals surface area (Å²) >= 11 is 0. The maximum absolute atomic E-state index is 10.6. The molecule has 0 bridgehead atoms. The highest BCUT2D eigenvalue weighted by Crippen LogP contribution is 2.53. The zero-order valence-electron chi connectivity index (χ0n) is 6.79. The van der Waals surface area contributed by atoms with Gasteiger partial charge < -0.3 is 5.11 Å². The van der Waals surface area contributed by atoms with Gasteiger partial charge in [-0.05, 0) is 12.8 Å². The molecule has 1 unspecified atom stereocenters. The maximum Gasteiger partial charge on any atom is 0.413 e. The van der Waals surface area contributed by atoms with E-state index in [0.29, 0.717) is 13.0 Å². The molecule has 1 heterocycles. The first-order valence-corrected chi connectivity index (χ1v) is 5.49. The van der Waals surface area contributed by atoms with Crippen LogP contribution in [0.4, 0.5) is 0 Å². The molecule has 1 rings (SSSR count). The Morgan fingerprint density at radius 1 is 1.46 bits per heavy atom. The van der Waals surface area contributed by atoms with Gasteiger partial charge in [0.15, 0.2) is 11.4 Å². The van der Waals surface area contributed by atoms with Gasteiger partial charge in [-0.1, -0.05) is 0 Å². The van der Waals surface area contributed by atoms with Crippen molar-refractivity contribution in [3.8, 4) is 0 Å². The zero-order valence-corrected chi connectivity index (χ0v) is 7.68. The average molecular weight is 208 g/mol. The number of hydrogen-bond donors (Lipinski definition) is 4. The Hall–Kier alpha value is -0.550. The zero-order chi connectivity index (χ0) is 10.1. The van der Waals surface area contributed by atoms with Crippen LogP contribution in [0.15, 0.2) is 4.99 Å². The first-order chi connectivity index (χ1) is 5.93. The lowest BCUT2D eigenvalue weighted by molar-refractivity contribution is -0.129. The van der Waals surface area contributed by atoms with E-state index >= 15 is 0 Å². The van der Waals surface area contributed by atoms with E-state index in [1.807, 2.05) is 0 Å². The van der Waals surface area contributed by atoms with E-state index in [4.69, 9.17) is 19.8 Å². The maximum atomic E-state index is 10.6. The van der Waals surface area contributed by atoms with Gasteiger partial charge in [0.2, 0.25) is 0 Å². The molecule has 1 aliphatic rings. The van der Waals surface area contributed by atoms with Crippen molar-refractivity contribution in [3.63, 3.8) is 0 Å². The van der Waals surface area contributed by atoms with Gasteiger partial charge in [-0.15, -0.1) is 0 Å². The number of rotatable bonds is 2. The summed E-state index contributed by atoms with van der Waals surface area (Å²) < 4.78 is 0. The fourth-order valence-electron chi connectivity index (χ4n) is 1.27. The lowest BCUT2D eigenvalue weighted by Gasteiger charge is -2.19. The minimum Gasteiger partial charge on any atom is -0.477 e. The number of nitrogens with zero attached hydrogens (tertiary/aromatic N) is 1. The Kier molecular flexibility index (Phi) is 2.98. The topological polar surface area (TPSA) is 110 Å². The summed E-state index contributed by atoms with van der Waals surface area (Å²) in [5.74, 6) is -1.30. The van der Waals surface area contributed by atoms with E-state index in [1.165, 1.54) is 0 Å². The second-order valence-corrected chi connectivity index (χ2v) is 4.70. The van der Waals surface area contributed by atoms with E-state index in [-0.39, 0.29) is 12.1 Å². The molecule has 0 aliphatic carbocycles. The largest absolute Gasteiger partial charge is 0.477 e. The third-order valence-electron chi connectivity index (χ3n) is 1.87. The molecule has 0 aromatic heterocycles. The fraction of sp³-hybridized carbons (Fsp3) is 0.667. The Morgan fingerprint density at radius 3 is 2.46 bits per heavy atom. The summed E-state index contributed by atoms with van der Waals surface area (Å²) in [6.07, 6.45) is 0.813. The van der Waals surface area contributed by atoms with Gasteiger partial charge in [0.25, 0.3) is 0 Å². The molecule has 0 saturated heterocycles. The molecule has 0 aromatic carbocycles. The predicted molar refractivity (Wildman–Crippen MR) is 46.5 cm³/mol. The number of carboxylic acid groups (broad SMARTS) is 1. The molecule has 1 aliphatic heterocycles. The summed E-state index contributed by atoms with van der Waals surface area (Å²) in [5, 5.41) is 8.63. The van der Waals surface area contributed by atoms with Crippen molar-refractivity contribution >= 4 is 19.6 Å². The van der Waals surface area contributed by atoms with Crippen molar-refractivity contribution in [1.82, 2.24) is 0 Å². The highest BCUT2D eigenvalue weighted by molar-refractivity contribution is 7.60. The van der Waals surface area contributed by atoms with Crippen LogP contribution in [-0.4, -0.2) is 43.7 Å². The molecular weight excluding hydrogens is 197 g/mol. The summed E-state index contributed by atoms with van der Waals surface area (Å²) in [4.78, 5) is 41.0. The molecule has 0 spiro atoms. The molecule has 1 atom stereocenters. The number of aliphatic imine (C=N–C) groups is 1. The van der Waals surface area contributed by atoms with Crippen molar-refractivity contribution in [2.75, 3.05) is 6.54 Å². The van der Waals surface area contributed by atoms with Crippen LogP contribution in [0.25, 0.3) is 0 Å². The third-order valence-corrected chi connectivity index (χ3v) is 3.21. The molecule has 0 fully saturated rings. The van der Waals surface area contributed by atoms with E-state index in [1.54, 1.807) is 0 Å². The third kappa shape index (κ3) is 2.45. The first-order valence-electron chi connectivity index (χ1n) is 3.77. The number of hydrogen-bond acceptors (Lipinski definition) is 5. The molecule has 0 amide bonds. The Labute approximate surface area is 75.1 Å². The molecule has 13 heavy (non-hydrogen) atoms. The van der Waals surface area contributed by atoms with Crippen molar-refractivity contribution < 1.29 is 24.6 Å². The number of carboxylic acids is 1. The highest BCUT2D eigenvalue weighted by atomic mass is 31.2. The molecule has 4 N–H and O–H groups in total. The standard InChI is InChI=1S/C6H10NO5P/c8-6(9)5-4(13(10,11)12)2-1-3-7-5/h4,10-12H,1-3H2/p+1. The Morgan fingerprint density at radius 2 is 2.08 bits per heavy atom. The SMILES string of the molecule is O=C(O)C1=NCCCC1[P+](O)(O)O. The number of aliphatic carboxylic acids is 1. The molecule has 0 aromatic rings. The van der Waals surface area contributed by atoms with Gasteiger partial charge in [-0.25, -0.2) is 4.79 Å². The monoisotopic (exact) mass is 208 g/mol. The van der Waals surface area contributed by atoms with Crippen LogP contribution in [0.2, 0.25) is 0 Å². The van der Waals surface area contributed by atoms with Crippen molar-refractivity contribution in [3.05, 3.63) is 0 Å². The minimum atomic E-state index is -4.11. The molecule has 7 heteroatoms. The first kappa shape index (κ1) is 10.5. The highest BCUT2D eigenvalue weighted by Gasteiger charge is 2.49. The van der Waals surface area contributed by atoms with Crippen LogP contribution >= 0.6 is 7.94 Å². The molecule has 0 saturated carbocycles. The van der Waals surface area contributed by atoms with Gasteiger partial charge in [-0.2, -0.15) is 14.7 Å². The fourth-order valence-corrected chi connectivity index (χ4v) is 2.32. The van der Waals surface area contributed by atoms with Gasteiger partial charge in [-0.3, -0.25) is 4.99 Å². The van der Waals surface area contributed by atoms with Gasteiger partial charge in [0, 0.05) is 6.54 Å². The molecule has 0 radical (unpaired) electrons. The smallest absolute Gasteiger partial charge is 0.413 e. The van der Waals surface area contributed by atoms with Gasteiger partial charge in [0.05, 0.1) is 0 Å². The average Bonchev–Trinajstić information content (AvgIpc) is 2.03. The van der Waals surface area contributed by atoms with Gasteiger partial charge in [0.1, 0.15) is 0 Å². The quantitative estimate of drug-likeness (QED) is 0.453. The Bertz CT molecular complexity index is 246. The van der Waals surface area contributed by atoms with Crippen LogP contribution in [0.5, 0.6) is 0 Å². The summed E-state index contributed by atoms with van der Waals surface area (Å²) in [5.41, 5.74) is -1.44. The van der Waals surface area contributed by atoms with E-state index < -0.39 is 19.6 Å². The lowest BCUT2D eigenvalue weighted by atomic mass is 10.1. The van der Waals surface area contributed by atoms with E-state index in [2.05, 4.69) is 4.99 Å². The summed E-state index contributed by atoms with van der Waals surface area (Å²) in [6, 6.07) is 0. The van der Waals surface area contributed by atoms with Crippen LogP contribution in [0, 0.1) is 0 Å².